The first kappa shape index (κ1) is 13.5. The summed E-state index contributed by atoms with van der Waals surface area (Å²) in [6.07, 6.45) is 1.07. The van der Waals surface area contributed by atoms with Crippen LogP contribution in [0.15, 0.2) is 30.5 Å². The average Bonchev–Trinajstić information content (AvgIpc) is 2.77. The summed E-state index contributed by atoms with van der Waals surface area (Å²) in [5.41, 5.74) is 6.73. The molecular weight excluding hydrogens is 268 g/mol. The molecule has 3 N–H and O–H groups in total. The largest absolute Gasteiger partial charge is 0.387 e. The monoisotopic (exact) mass is 282 g/mol. The Morgan fingerprint density at radius 2 is 2.28 bits per heavy atom. The van der Waals surface area contributed by atoms with Gasteiger partial charge in [0.25, 0.3) is 0 Å². The van der Waals surface area contributed by atoms with E-state index >= 15 is 0 Å². The van der Waals surface area contributed by atoms with E-state index in [1.54, 1.807) is 6.20 Å². The molecule has 5 heteroatoms. The van der Waals surface area contributed by atoms with Crippen LogP contribution in [0.4, 0.5) is 0 Å². The standard InChI is InChI=1S/C13H15ClN2OS/c1-8-16-7-12(18-8)13(17)11(6-15)9-3-2-4-10(14)5-9/h2-5,7,11,13,17H,6,15H2,1H3. The molecule has 0 aliphatic rings. The van der Waals surface area contributed by atoms with E-state index in [4.69, 9.17) is 17.3 Å². The van der Waals surface area contributed by atoms with Crippen molar-refractivity contribution in [2.45, 2.75) is 18.9 Å². The number of hydrogen-bond acceptors (Lipinski definition) is 4. The third-order valence-electron chi connectivity index (χ3n) is 2.84. The Balaban J connectivity index is 2.28. The van der Waals surface area contributed by atoms with E-state index in [9.17, 15) is 5.11 Å². The van der Waals surface area contributed by atoms with Crippen LogP contribution >= 0.6 is 22.9 Å². The van der Waals surface area contributed by atoms with Crippen molar-refractivity contribution in [3.8, 4) is 0 Å². The molecule has 3 nitrogen and oxygen atoms in total. The smallest absolute Gasteiger partial charge is 0.0978 e. The van der Waals surface area contributed by atoms with Crippen molar-refractivity contribution in [2.75, 3.05) is 6.54 Å². The summed E-state index contributed by atoms with van der Waals surface area (Å²) in [5.74, 6) is -0.163. The fraction of sp³-hybridized carbons (Fsp3) is 0.308. The number of aliphatic hydroxyl groups excluding tert-OH is 1. The summed E-state index contributed by atoms with van der Waals surface area (Å²) in [4.78, 5) is 4.99. The minimum absolute atomic E-state index is 0.163. The zero-order chi connectivity index (χ0) is 13.1. The zero-order valence-electron chi connectivity index (χ0n) is 10.0. The van der Waals surface area contributed by atoms with Gasteiger partial charge in [0.1, 0.15) is 0 Å². The maximum absolute atomic E-state index is 10.4. The van der Waals surface area contributed by atoms with Gasteiger partial charge in [-0.3, -0.25) is 0 Å². The van der Waals surface area contributed by atoms with Crippen LogP contribution in [0.5, 0.6) is 0 Å². The lowest BCUT2D eigenvalue weighted by Gasteiger charge is -2.20. The number of benzene rings is 1. The molecule has 1 aromatic carbocycles. The number of aryl methyl sites for hydroxylation is 1. The maximum atomic E-state index is 10.4. The molecule has 0 bridgehead atoms. The zero-order valence-corrected chi connectivity index (χ0v) is 11.6. The predicted molar refractivity (Wildman–Crippen MR) is 75.1 cm³/mol. The van der Waals surface area contributed by atoms with Crippen LogP contribution in [-0.4, -0.2) is 16.6 Å². The third kappa shape index (κ3) is 2.90. The fourth-order valence-corrected chi connectivity index (χ4v) is 2.93. The number of aromatic nitrogens is 1. The van der Waals surface area contributed by atoms with Crippen LogP contribution in [0, 0.1) is 6.92 Å². The molecule has 2 unspecified atom stereocenters. The van der Waals surface area contributed by atoms with E-state index in [-0.39, 0.29) is 5.92 Å². The summed E-state index contributed by atoms with van der Waals surface area (Å²) in [6.45, 7) is 2.27. The highest BCUT2D eigenvalue weighted by atomic mass is 35.5. The lowest BCUT2D eigenvalue weighted by molar-refractivity contribution is 0.151. The van der Waals surface area contributed by atoms with Gasteiger partial charge >= 0.3 is 0 Å². The second-order valence-corrected chi connectivity index (χ2v) is 5.83. The summed E-state index contributed by atoms with van der Waals surface area (Å²) in [5, 5.41) is 12.0. The molecule has 0 fully saturated rings. The van der Waals surface area contributed by atoms with Crippen molar-refractivity contribution in [2.24, 2.45) is 5.73 Å². The Morgan fingerprint density at radius 1 is 1.50 bits per heavy atom. The van der Waals surface area contributed by atoms with Gasteiger partial charge in [0, 0.05) is 23.7 Å². The van der Waals surface area contributed by atoms with Crippen LogP contribution < -0.4 is 5.73 Å². The molecule has 18 heavy (non-hydrogen) atoms. The van der Waals surface area contributed by atoms with Gasteiger partial charge in [0.05, 0.1) is 16.0 Å². The van der Waals surface area contributed by atoms with E-state index in [0.29, 0.717) is 11.6 Å². The summed E-state index contributed by atoms with van der Waals surface area (Å²) in [7, 11) is 0. The lowest BCUT2D eigenvalue weighted by Crippen LogP contribution is -2.19. The van der Waals surface area contributed by atoms with E-state index in [1.807, 2.05) is 31.2 Å². The van der Waals surface area contributed by atoms with Crippen molar-refractivity contribution >= 4 is 22.9 Å². The van der Waals surface area contributed by atoms with Crippen molar-refractivity contribution in [1.29, 1.82) is 0 Å². The second kappa shape index (κ2) is 5.80. The molecular formula is C13H15ClN2OS. The Bertz CT molecular complexity index is 529. The van der Waals surface area contributed by atoms with Crippen LogP contribution in [-0.2, 0) is 0 Å². The Hall–Kier alpha value is -0.940. The van der Waals surface area contributed by atoms with Gasteiger partial charge in [0.2, 0.25) is 0 Å². The Labute approximate surface area is 115 Å². The summed E-state index contributed by atoms with van der Waals surface area (Å²) >= 11 is 7.46. The number of halogens is 1. The quantitative estimate of drug-likeness (QED) is 0.906. The van der Waals surface area contributed by atoms with Gasteiger partial charge in [-0.05, 0) is 24.6 Å². The normalized spacial score (nSPS) is 14.4. The topological polar surface area (TPSA) is 59.1 Å². The molecule has 2 aromatic rings. The number of aliphatic hydroxyl groups is 1. The number of nitrogens with two attached hydrogens (primary N) is 1. The van der Waals surface area contributed by atoms with E-state index < -0.39 is 6.10 Å². The van der Waals surface area contributed by atoms with E-state index in [1.165, 1.54) is 11.3 Å². The molecule has 0 aliphatic carbocycles. The van der Waals surface area contributed by atoms with Crippen LogP contribution in [0.2, 0.25) is 5.02 Å². The maximum Gasteiger partial charge on any atom is 0.0978 e. The minimum Gasteiger partial charge on any atom is -0.387 e. The summed E-state index contributed by atoms with van der Waals surface area (Å²) < 4.78 is 0. The van der Waals surface area contributed by atoms with Gasteiger partial charge < -0.3 is 10.8 Å². The third-order valence-corrected chi connectivity index (χ3v) is 4.06. The average molecular weight is 283 g/mol. The predicted octanol–water partition coefficient (Wildman–Crippen LogP) is 2.88. The molecule has 1 aromatic heterocycles. The van der Waals surface area contributed by atoms with Gasteiger partial charge in [-0.1, -0.05) is 23.7 Å². The number of nitrogens with zero attached hydrogens (tertiary/aromatic N) is 1. The first-order chi connectivity index (χ1) is 8.61. The number of rotatable bonds is 4. The van der Waals surface area contributed by atoms with Gasteiger partial charge in [-0.2, -0.15) is 0 Å². The Morgan fingerprint density at radius 3 is 2.83 bits per heavy atom. The molecule has 0 aliphatic heterocycles. The van der Waals surface area contributed by atoms with Crippen molar-refractivity contribution in [3.05, 3.63) is 50.9 Å². The second-order valence-electron chi connectivity index (χ2n) is 4.12. The molecule has 2 rings (SSSR count). The first-order valence-corrected chi connectivity index (χ1v) is 6.87. The summed E-state index contributed by atoms with van der Waals surface area (Å²) in [6, 6.07) is 7.45. The molecule has 1 heterocycles. The Kier molecular flexibility index (Phi) is 4.35. The first-order valence-electron chi connectivity index (χ1n) is 5.67. The van der Waals surface area contributed by atoms with Crippen molar-refractivity contribution < 1.29 is 5.11 Å². The van der Waals surface area contributed by atoms with Gasteiger partial charge in [-0.25, -0.2) is 4.98 Å². The highest BCUT2D eigenvalue weighted by molar-refractivity contribution is 7.11. The van der Waals surface area contributed by atoms with Crippen LogP contribution in [0.25, 0.3) is 0 Å². The lowest BCUT2D eigenvalue weighted by atomic mass is 9.93. The fourth-order valence-electron chi connectivity index (χ4n) is 1.90. The highest BCUT2D eigenvalue weighted by Gasteiger charge is 2.23. The number of hydrogen-bond donors (Lipinski definition) is 2. The molecule has 0 saturated heterocycles. The van der Waals surface area contributed by atoms with Crippen molar-refractivity contribution in [3.63, 3.8) is 0 Å². The highest BCUT2D eigenvalue weighted by Crippen LogP contribution is 2.33. The molecule has 0 saturated carbocycles. The van der Waals surface area contributed by atoms with E-state index in [2.05, 4.69) is 4.98 Å². The molecule has 2 atom stereocenters. The molecule has 0 amide bonds. The number of thiazole rings is 1. The molecule has 0 radical (unpaired) electrons. The van der Waals surface area contributed by atoms with Crippen LogP contribution in [0.1, 0.15) is 27.5 Å². The molecule has 96 valence electrons. The van der Waals surface area contributed by atoms with Gasteiger partial charge in [0.15, 0.2) is 0 Å². The minimum atomic E-state index is -0.639. The van der Waals surface area contributed by atoms with Crippen molar-refractivity contribution in [1.82, 2.24) is 4.98 Å². The van der Waals surface area contributed by atoms with Gasteiger partial charge in [-0.15, -0.1) is 11.3 Å². The van der Waals surface area contributed by atoms with Crippen LogP contribution in [0.3, 0.4) is 0 Å². The molecule has 0 spiro atoms. The van der Waals surface area contributed by atoms with E-state index in [0.717, 1.165) is 15.4 Å². The SMILES string of the molecule is Cc1ncc(C(O)C(CN)c2cccc(Cl)c2)s1.